The summed E-state index contributed by atoms with van der Waals surface area (Å²) in [6.45, 7) is 2.15. The maximum Gasteiger partial charge on any atom is 0.124 e. The number of benzene rings is 1. The van der Waals surface area contributed by atoms with E-state index in [9.17, 15) is 4.39 Å². The predicted molar refractivity (Wildman–Crippen MR) is 59.9 cm³/mol. The Morgan fingerprint density at radius 2 is 2.23 bits per heavy atom. The maximum absolute atomic E-state index is 12.7. The first-order chi connectivity index (χ1) is 6.24. The van der Waals surface area contributed by atoms with Crippen LogP contribution in [0.4, 0.5) is 4.39 Å². The number of nitrogens with one attached hydrogen (secondary N) is 1. The molecule has 0 saturated carbocycles. The summed E-state index contributed by atoms with van der Waals surface area (Å²) in [4.78, 5) is 0. The van der Waals surface area contributed by atoms with E-state index in [1.807, 2.05) is 0 Å². The van der Waals surface area contributed by atoms with Crippen molar-refractivity contribution in [2.24, 2.45) is 5.73 Å². The predicted octanol–water partition coefficient (Wildman–Crippen LogP) is 1.48. The Morgan fingerprint density at radius 3 is 2.85 bits per heavy atom. The fraction of sp³-hybridized carbons (Fsp3) is 0.333. The average Bonchev–Trinajstić information content (AvgIpc) is 2.09. The second-order valence-corrected chi connectivity index (χ2v) is 3.86. The SMILES string of the molecule is NCCNCc1ccc(F)cc1I. The highest BCUT2D eigenvalue weighted by Gasteiger charge is 1.99. The summed E-state index contributed by atoms with van der Waals surface area (Å²) in [6.07, 6.45) is 0. The molecular weight excluding hydrogens is 282 g/mol. The van der Waals surface area contributed by atoms with Crippen molar-refractivity contribution < 1.29 is 4.39 Å². The lowest BCUT2D eigenvalue weighted by atomic mass is 10.2. The van der Waals surface area contributed by atoms with E-state index >= 15 is 0 Å². The summed E-state index contributed by atoms with van der Waals surface area (Å²) in [6, 6.07) is 4.79. The fourth-order valence-electron chi connectivity index (χ4n) is 0.990. The molecule has 1 rings (SSSR count). The summed E-state index contributed by atoms with van der Waals surface area (Å²) in [5.74, 6) is -0.188. The summed E-state index contributed by atoms with van der Waals surface area (Å²) < 4.78 is 13.6. The molecule has 0 atom stereocenters. The van der Waals surface area contributed by atoms with Gasteiger partial charge >= 0.3 is 0 Å². The van der Waals surface area contributed by atoms with Crippen LogP contribution in [-0.2, 0) is 6.54 Å². The third-order valence-electron chi connectivity index (χ3n) is 1.65. The summed E-state index contributed by atoms with van der Waals surface area (Å²) in [7, 11) is 0. The molecule has 0 aromatic heterocycles. The van der Waals surface area contributed by atoms with E-state index in [1.54, 1.807) is 6.07 Å². The number of nitrogens with two attached hydrogens (primary N) is 1. The molecule has 0 bridgehead atoms. The van der Waals surface area contributed by atoms with Gasteiger partial charge in [-0.3, -0.25) is 0 Å². The number of halogens is 2. The summed E-state index contributed by atoms with van der Waals surface area (Å²) >= 11 is 2.13. The van der Waals surface area contributed by atoms with E-state index in [1.165, 1.54) is 12.1 Å². The summed E-state index contributed by atoms with van der Waals surface area (Å²) in [5.41, 5.74) is 6.44. The molecule has 3 N–H and O–H groups in total. The lowest BCUT2D eigenvalue weighted by Gasteiger charge is -2.05. The third kappa shape index (κ3) is 3.58. The first-order valence-electron chi connectivity index (χ1n) is 4.08. The molecule has 2 nitrogen and oxygen atoms in total. The second-order valence-electron chi connectivity index (χ2n) is 2.70. The molecule has 1 aromatic rings. The highest BCUT2D eigenvalue weighted by molar-refractivity contribution is 14.1. The largest absolute Gasteiger partial charge is 0.329 e. The van der Waals surface area contributed by atoms with E-state index in [0.29, 0.717) is 6.54 Å². The molecule has 0 aliphatic carbocycles. The third-order valence-corrected chi connectivity index (χ3v) is 2.66. The van der Waals surface area contributed by atoms with Crippen LogP contribution in [0, 0.1) is 9.39 Å². The van der Waals surface area contributed by atoms with Crippen molar-refractivity contribution in [3.63, 3.8) is 0 Å². The van der Waals surface area contributed by atoms with Crippen molar-refractivity contribution >= 4 is 22.6 Å². The first kappa shape index (κ1) is 10.9. The minimum Gasteiger partial charge on any atom is -0.329 e. The standard InChI is InChI=1S/C9H12FIN2/c10-8-2-1-7(9(11)5-8)6-13-4-3-12/h1-2,5,13H,3-4,6,12H2. The zero-order valence-electron chi connectivity index (χ0n) is 7.19. The van der Waals surface area contributed by atoms with Crippen molar-refractivity contribution in [3.05, 3.63) is 33.1 Å². The quantitative estimate of drug-likeness (QED) is 0.652. The molecule has 0 fully saturated rings. The molecule has 0 amide bonds. The van der Waals surface area contributed by atoms with Crippen molar-refractivity contribution in [2.75, 3.05) is 13.1 Å². The van der Waals surface area contributed by atoms with Gasteiger partial charge in [-0.25, -0.2) is 4.39 Å². The highest BCUT2D eigenvalue weighted by Crippen LogP contribution is 2.13. The van der Waals surface area contributed by atoms with Crippen LogP contribution < -0.4 is 11.1 Å². The lowest BCUT2D eigenvalue weighted by Crippen LogP contribution is -2.22. The number of rotatable bonds is 4. The second kappa shape index (κ2) is 5.51. The Kier molecular flexibility index (Phi) is 4.61. The van der Waals surface area contributed by atoms with Gasteiger partial charge in [-0.2, -0.15) is 0 Å². The molecule has 0 radical (unpaired) electrons. The Balaban J connectivity index is 2.56. The van der Waals surface area contributed by atoms with Crippen molar-refractivity contribution in [2.45, 2.75) is 6.54 Å². The Hall–Kier alpha value is -0.200. The molecule has 0 heterocycles. The Bertz CT molecular complexity index is 278. The monoisotopic (exact) mass is 294 g/mol. The Morgan fingerprint density at radius 1 is 1.46 bits per heavy atom. The molecule has 0 aliphatic heterocycles. The molecule has 72 valence electrons. The lowest BCUT2D eigenvalue weighted by molar-refractivity contribution is 0.623. The molecule has 0 unspecified atom stereocenters. The van der Waals surface area contributed by atoms with Gasteiger partial charge < -0.3 is 11.1 Å². The van der Waals surface area contributed by atoms with Gasteiger partial charge in [0.15, 0.2) is 0 Å². The molecule has 13 heavy (non-hydrogen) atoms. The van der Waals surface area contributed by atoms with Gasteiger partial charge in [0.05, 0.1) is 0 Å². The number of hydrogen-bond donors (Lipinski definition) is 2. The van der Waals surface area contributed by atoms with Crippen LogP contribution in [0.1, 0.15) is 5.56 Å². The molecule has 1 aromatic carbocycles. The molecule has 4 heteroatoms. The van der Waals surface area contributed by atoms with Crippen molar-refractivity contribution in [1.29, 1.82) is 0 Å². The first-order valence-corrected chi connectivity index (χ1v) is 5.16. The Labute approximate surface area is 90.8 Å². The highest BCUT2D eigenvalue weighted by atomic mass is 127. The van der Waals surface area contributed by atoms with E-state index < -0.39 is 0 Å². The van der Waals surface area contributed by atoms with E-state index in [4.69, 9.17) is 5.73 Å². The van der Waals surface area contributed by atoms with Crippen molar-refractivity contribution in [3.8, 4) is 0 Å². The zero-order valence-corrected chi connectivity index (χ0v) is 9.34. The maximum atomic E-state index is 12.7. The smallest absolute Gasteiger partial charge is 0.124 e. The van der Waals surface area contributed by atoms with Crippen LogP contribution in [-0.4, -0.2) is 13.1 Å². The van der Waals surface area contributed by atoms with Crippen molar-refractivity contribution in [1.82, 2.24) is 5.32 Å². The van der Waals surface area contributed by atoms with Crippen LogP contribution in [0.25, 0.3) is 0 Å². The fourth-order valence-corrected chi connectivity index (χ4v) is 1.66. The summed E-state index contributed by atoms with van der Waals surface area (Å²) in [5, 5.41) is 3.16. The van der Waals surface area contributed by atoms with Crippen LogP contribution >= 0.6 is 22.6 Å². The van der Waals surface area contributed by atoms with Gasteiger partial charge in [-0.05, 0) is 40.3 Å². The van der Waals surface area contributed by atoms with Gasteiger partial charge in [-0.1, -0.05) is 6.07 Å². The van der Waals surface area contributed by atoms with E-state index in [0.717, 1.165) is 22.2 Å². The molecule has 0 aliphatic rings. The minimum absolute atomic E-state index is 0.188. The van der Waals surface area contributed by atoms with Gasteiger partial charge in [0.2, 0.25) is 0 Å². The molecule has 0 saturated heterocycles. The van der Waals surface area contributed by atoms with Gasteiger partial charge in [-0.15, -0.1) is 0 Å². The van der Waals surface area contributed by atoms with Crippen LogP contribution in [0.5, 0.6) is 0 Å². The van der Waals surface area contributed by atoms with Crippen LogP contribution in [0.15, 0.2) is 18.2 Å². The van der Waals surface area contributed by atoms with Gasteiger partial charge in [0.25, 0.3) is 0 Å². The molecular formula is C9H12FIN2. The molecule has 0 spiro atoms. The minimum atomic E-state index is -0.188. The van der Waals surface area contributed by atoms with Gasteiger partial charge in [0, 0.05) is 23.2 Å². The van der Waals surface area contributed by atoms with Crippen LogP contribution in [0.3, 0.4) is 0 Å². The topological polar surface area (TPSA) is 38.0 Å². The normalized spacial score (nSPS) is 10.4. The van der Waals surface area contributed by atoms with E-state index in [2.05, 4.69) is 27.9 Å². The van der Waals surface area contributed by atoms with Gasteiger partial charge in [0.1, 0.15) is 5.82 Å². The average molecular weight is 294 g/mol. The zero-order chi connectivity index (χ0) is 9.68. The van der Waals surface area contributed by atoms with Crippen LogP contribution in [0.2, 0.25) is 0 Å². The number of hydrogen-bond acceptors (Lipinski definition) is 2. The van der Waals surface area contributed by atoms with E-state index in [-0.39, 0.29) is 5.82 Å².